The number of halogens is 4. The number of hydrogen-bond donors (Lipinski definition) is 1. The summed E-state index contributed by atoms with van der Waals surface area (Å²) in [5, 5.41) is 10.9. The number of alkyl halides is 3. The number of nitrogens with zero attached hydrogens (tertiary/aromatic N) is 3. The molecule has 1 N–H and O–H groups in total. The number of aromatic nitrogens is 3. The van der Waals surface area contributed by atoms with E-state index in [0.29, 0.717) is 17.1 Å². The molecule has 0 atom stereocenters. The molecule has 2 aromatic carbocycles. The van der Waals surface area contributed by atoms with Gasteiger partial charge in [-0.2, -0.15) is 13.2 Å². The van der Waals surface area contributed by atoms with Crippen molar-refractivity contribution >= 4 is 17.5 Å². The zero-order valence-corrected chi connectivity index (χ0v) is 14.6. The number of carbonyl (C=O) groups is 1. The maximum absolute atomic E-state index is 12.5. The number of amides is 1. The Labute approximate surface area is 157 Å². The Morgan fingerprint density at radius 2 is 1.67 bits per heavy atom. The molecule has 0 fully saturated rings. The van der Waals surface area contributed by atoms with Crippen LogP contribution >= 0.6 is 11.6 Å². The van der Waals surface area contributed by atoms with Crippen molar-refractivity contribution in [3.05, 3.63) is 82.1 Å². The molecule has 0 saturated carbocycles. The minimum Gasteiger partial charge on any atom is -0.347 e. The summed E-state index contributed by atoms with van der Waals surface area (Å²) >= 11 is 5.83. The van der Waals surface area contributed by atoms with E-state index < -0.39 is 17.6 Å². The van der Waals surface area contributed by atoms with Crippen LogP contribution in [-0.2, 0) is 19.3 Å². The van der Waals surface area contributed by atoms with Crippen LogP contribution in [0.1, 0.15) is 27.2 Å². The molecule has 3 aromatic rings. The van der Waals surface area contributed by atoms with Crippen LogP contribution in [0.3, 0.4) is 0 Å². The Morgan fingerprint density at radius 1 is 1.04 bits per heavy atom. The zero-order chi connectivity index (χ0) is 19.4. The monoisotopic (exact) mass is 394 g/mol. The van der Waals surface area contributed by atoms with Gasteiger partial charge in [-0.05, 0) is 35.4 Å². The molecule has 5 nitrogen and oxygen atoms in total. The average Bonchev–Trinajstić information content (AvgIpc) is 3.10. The average molecular weight is 395 g/mol. The van der Waals surface area contributed by atoms with Crippen molar-refractivity contribution in [3.63, 3.8) is 0 Å². The largest absolute Gasteiger partial charge is 0.416 e. The van der Waals surface area contributed by atoms with Crippen molar-refractivity contribution in [1.82, 2.24) is 20.3 Å². The summed E-state index contributed by atoms with van der Waals surface area (Å²) < 4.78 is 39.1. The van der Waals surface area contributed by atoms with Crippen molar-refractivity contribution < 1.29 is 18.0 Å². The summed E-state index contributed by atoms with van der Waals surface area (Å²) in [4.78, 5) is 12.1. The standard InChI is InChI=1S/C18H14ClF3N4O/c19-15-7-3-13(4-8-15)10-26-11-16(24-25-26)17(27)23-9-12-1-5-14(6-2-12)18(20,21)22/h1-8,11H,9-10H2,(H,23,27). The molecule has 0 unspecified atom stereocenters. The Morgan fingerprint density at radius 3 is 2.30 bits per heavy atom. The third-order valence-corrected chi connectivity index (χ3v) is 4.02. The molecule has 9 heteroatoms. The van der Waals surface area contributed by atoms with Crippen LogP contribution in [-0.4, -0.2) is 20.9 Å². The molecule has 1 aromatic heterocycles. The Bertz CT molecular complexity index is 921. The fraction of sp³-hybridized carbons (Fsp3) is 0.167. The second-order valence-corrected chi connectivity index (χ2v) is 6.24. The van der Waals surface area contributed by atoms with E-state index in [1.54, 1.807) is 12.1 Å². The van der Waals surface area contributed by atoms with Gasteiger partial charge in [0.1, 0.15) is 0 Å². The van der Waals surface area contributed by atoms with E-state index in [1.165, 1.54) is 23.0 Å². The topological polar surface area (TPSA) is 59.8 Å². The van der Waals surface area contributed by atoms with E-state index in [9.17, 15) is 18.0 Å². The number of rotatable bonds is 5. The van der Waals surface area contributed by atoms with Crippen LogP contribution < -0.4 is 5.32 Å². The Kier molecular flexibility index (Phi) is 5.46. The van der Waals surface area contributed by atoms with Gasteiger partial charge in [-0.25, -0.2) is 4.68 Å². The van der Waals surface area contributed by atoms with Crippen molar-refractivity contribution in [3.8, 4) is 0 Å². The quantitative estimate of drug-likeness (QED) is 0.713. The van der Waals surface area contributed by atoms with Gasteiger partial charge in [-0.15, -0.1) is 5.10 Å². The highest BCUT2D eigenvalue weighted by molar-refractivity contribution is 6.30. The minimum absolute atomic E-state index is 0.0843. The number of hydrogen-bond acceptors (Lipinski definition) is 3. The van der Waals surface area contributed by atoms with E-state index in [-0.39, 0.29) is 12.2 Å². The highest BCUT2D eigenvalue weighted by atomic mass is 35.5. The molecule has 140 valence electrons. The molecule has 1 heterocycles. The second-order valence-electron chi connectivity index (χ2n) is 5.81. The van der Waals surface area contributed by atoms with Gasteiger partial charge in [-0.1, -0.05) is 41.1 Å². The third kappa shape index (κ3) is 5.07. The highest BCUT2D eigenvalue weighted by Gasteiger charge is 2.29. The Balaban J connectivity index is 1.57. The van der Waals surface area contributed by atoms with Crippen molar-refractivity contribution in [2.24, 2.45) is 0 Å². The molecule has 27 heavy (non-hydrogen) atoms. The fourth-order valence-corrected chi connectivity index (χ4v) is 2.47. The predicted molar refractivity (Wildman–Crippen MR) is 93.2 cm³/mol. The second kappa shape index (κ2) is 7.79. The van der Waals surface area contributed by atoms with Crippen LogP contribution in [0.15, 0.2) is 54.7 Å². The summed E-state index contributed by atoms with van der Waals surface area (Å²) in [6.45, 7) is 0.511. The molecular weight excluding hydrogens is 381 g/mol. The van der Waals surface area contributed by atoms with Gasteiger partial charge in [-0.3, -0.25) is 4.79 Å². The molecule has 0 saturated heterocycles. The smallest absolute Gasteiger partial charge is 0.347 e. The maximum Gasteiger partial charge on any atom is 0.416 e. The van der Waals surface area contributed by atoms with Crippen LogP contribution in [0.4, 0.5) is 13.2 Å². The zero-order valence-electron chi connectivity index (χ0n) is 13.9. The Hall–Kier alpha value is -2.87. The normalized spacial score (nSPS) is 11.4. The van der Waals surface area contributed by atoms with Gasteiger partial charge in [0.2, 0.25) is 0 Å². The first-order valence-corrected chi connectivity index (χ1v) is 8.28. The SMILES string of the molecule is O=C(NCc1ccc(C(F)(F)F)cc1)c1cn(Cc2ccc(Cl)cc2)nn1. The van der Waals surface area contributed by atoms with Crippen molar-refractivity contribution in [2.45, 2.75) is 19.3 Å². The molecule has 1 amide bonds. The van der Waals surface area contributed by atoms with Crippen LogP contribution in [0.5, 0.6) is 0 Å². The predicted octanol–water partition coefficient (Wildman–Crippen LogP) is 3.93. The lowest BCUT2D eigenvalue weighted by Gasteiger charge is -2.08. The number of carbonyl (C=O) groups excluding carboxylic acids is 1. The van der Waals surface area contributed by atoms with Crippen LogP contribution in [0.25, 0.3) is 0 Å². The van der Waals surface area contributed by atoms with E-state index in [1.807, 2.05) is 12.1 Å². The van der Waals surface area contributed by atoms with Gasteiger partial charge in [0.05, 0.1) is 18.3 Å². The highest BCUT2D eigenvalue weighted by Crippen LogP contribution is 2.29. The van der Waals surface area contributed by atoms with E-state index >= 15 is 0 Å². The first-order chi connectivity index (χ1) is 12.8. The lowest BCUT2D eigenvalue weighted by molar-refractivity contribution is -0.137. The summed E-state index contributed by atoms with van der Waals surface area (Å²) in [6, 6.07) is 11.8. The van der Waals surface area contributed by atoms with E-state index in [4.69, 9.17) is 11.6 Å². The van der Waals surface area contributed by atoms with Gasteiger partial charge in [0.25, 0.3) is 5.91 Å². The number of nitrogens with one attached hydrogen (secondary N) is 1. The third-order valence-electron chi connectivity index (χ3n) is 3.76. The molecule has 0 spiro atoms. The van der Waals surface area contributed by atoms with Gasteiger partial charge in [0, 0.05) is 11.6 Å². The fourth-order valence-electron chi connectivity index (χ4n) is 2.34. The maximum atomic E-state index is 12.5. The number of benzene rings is 2. The summed E-state index contributed by atoms with van der Waals surface area (Å²) in [5.74, 6) is -0.461. The van der Waals surface area contributed by atoms with E-state index in [0.717, 1.165) is 17.7 Å². The van der Waals surface area contributed by atoms with Gasteiger partial charge < -0.3 is 5.32 Å². The van der Waals surface area contributed by atoms with Crippen molar-refractivity contribution in [1.29, 1.82) is 0 Å². The lowest BCUT2D eigenvalue weighted by atomic mass is 10.1. The first-order valence-electron chi connectivity index (χ1n) is 7.90. The lowest BCUT2D eigenvalue weighted by Crippen LogP contribution is -2.23. The minimum atomic E-state index is -4.38. The van der Waals surface area contributed by atoms with Gasteiger partial charge in [0.15, 0.2) is 5.69 Å². The first kappa shape index (κ1) is 18.9. The molecule has 3 rings (SSSR count). The van der Waals surface area contributed by atoms with E-state index in [2.05, 4.69) is 15.6 Å². The molecule has 0 radical (unpaired) electrons. The van der Waals surface area contributed by atoms with Crippen LogP contribution in [0, 0.1) is 0 Å². The summed E-state index contributed by atoms with van der Waals surface area (Å²) in [6.07, 6.45) is -2.89. The molecular formula is C18H14ClF3N4O. The molecule has 0 aliphatic rings. The molecule has 0 aliphatic carbocycles. The van der Waals surface area contributed by atoms with Crippen LogP contribution in [0.2, 0.25) is 5.02 Å². The van der Waals surface area contributed by atoms with Gasteiger partial charge >= 0.3 is 6.18 Å². The summed E-state index contributed by atoms with van der Waals surface area (Å²) in [7, 11) is 0. The summed E-state index contributed by atoms with van der Waals surface area (Å²) in [5.41, 5.74) is 0.879. The van der Waals surface area contributed by atoms with Crippen molar-refractivity contribution in [2.75, 3.05) is 0 Å². The molecule has 0 bridgehead atoms. The molecule has 0 aliphatic heterocycles.